The summed E-state index contributed by atoms with van der Waals surface area (Å²) < 4.78 is 18.6. The molecule has 7 heteroatoms. The first-order chi connectivity index (χ1) is 14.1. The van der Waals surface area contributed by atoms with Crippen LogP contribution in [0, 0.1) is 18.3 Å². The maximum absolute atomic E-state index is 13.6. The summed E-state index contributed by atoms with van der Waals surface area (Å²) in [5.41, 5.74) is 3.66. The van der Waals surface area contributed by atoms with Crippen LogP contribution < -0.4 is 9.64 Å². The third-order valence-electron chi connectivity index (χ3n) is 5.24. The Labute approximate surface area is 167 Å². The molecular weight excluding hydrogens is 371 g/mol. The molecule has 0 bridgehead atoms. The van der Waals surface area contributed by atoms with Gasteiger partial charge in [0.25, 0.3) is 0 Å². The number of aromatic nitrogens is 2. The van der Waals surface area contributed by atoms with Crippen LogP contribution in [0.3, 0.4) is 0 Å². The number of ether oxygens (including phenoxy) is 1. The van der Waals surface area contributed by atoms with Crippen molar-refractivity contribution in [3.05, 3.63) is 71.6 Å². The van der Waals surface area contributed by atoms with E-state index in [1.54, 1.807) is 35.5 Å². The van der Waals surface area contributed by atoms with Crippen molar-refractivity contribution in [3.8, 4) is 16.9 Å². The quantitative estimate of drug-likeness (QED) is 0.658. The second kappa shape index (κ2) is 7.76. The lowest BCUT2D eigenvalue weighted by atomic mass is 9.98. The van der Waals surface area contributed by atoms with Crippen LogP contribution in [0.5, 0.6) is 5.75 Å². The number of halogens is 1. The predicted molar refractivity (Wildman–Crippen MR) is 107 cm³/mol. The lowest BCUT2D eigenvalue weighted by Gasteiger charge is -2.18. The molecule has 29 heavy (non-hydrogen) atoms. The van der Waals surface area contributed by atoms with E-state index in [4.69, 9.17) is 11.3 Å². The molecule has 0 spiro atoms. The molecule has 1 fully saturated rings. The number of rotatable bonds is 5. The topological polar surface area (TPSA) is 62.6 Å². The summed E-state index contributed by atoms with van der Waals surface area (Å²) in [5, 5.41) is 6.68. The molecule has 6 nitrogen and oxygen atoms in total. The van der Waals surface area contributed by atoms with E-state index in [-0.39, 0.29) is 17.6 Å². The first-order valence-electron chi connectivity index (χ1n) is 9.25. The standard InChI is InChI=1S/C22H19FN4O2/c1-24-20-11-17(4-5-18(20)16-12-25-26-13-16)27-8-7-15(22(27)28)9-14-3-6-19(23)21(10-14)29-2/h3-6,10-13,15H,7-9H2,2H3,(H,25,26). The number of hydrogen-bond acceptors (Lipinski definition) is 3. The smallest absolute Gasteiger partial charge is 0.230 e. The molecule has 146 valence electrons. The van der Waals surface area contributed by atoms with E-state index in [2.05, 4.69) is 15.0 Å². The van der Waals surface area contributed by atoms with E-state index >= 15 is 0 Å². The molecular formula is C22H19FN4O2. The normalized spacial score (nSPS) is 16.1. The van der Waals surface area contributed by atoms with Gasteiger partial charge in [-0.25, -0.2) is 9.24 Å². The highest BCUT2D eigenvalue weighted by Crippen LogP contribution is 2.36. The average molecular weight is 390 g/mol. The number of nitrogens with zero attached hydrogens (tertiary/aromatic N) is 3. The Morgan fingerprint density at radius 3 is 2.93 bits per heavy atom. The number of methoxy groups -OCH3 is 1. The van der Waals surface area contributed by atoms with E-state index < -0.39 is 5.82 Å². The van der Waals surface area contributed by atoms with Crippen LogP contribution in [-0.2, 0) is 11.2 Å². The van der Waals surface area contributed by atoms with E-state index in [1.807, 2.05) is 12.1 Å². The van der Waals surface area contributed by atoms with Crippen molar-refractivity contribution >= 4 is 17.3 Å². The summed E-state index contributed by atoms with van der Waals surface area (Å²) in [6, 6.07) is 10.1. The van der Waals surface area contributed by atoms with E-state index in [1.165, 1.54) is 13.2 Å². The summed E-state index contributed by atoms with van der Waals surface area (Å²) in [6.45, 7) is 8.08. The summed E-state index contributed by atoms with van der Waals surface area (Å²) in [5.74, 6) is -0.406. The summed E-state index contributed by atoms with van der Waals surface area (Å²) >= 11 is 0. The molecule has 0 saturated carbocycles. The van der Waals surface area contributed by atoms with Crippen molar-refractivity contribution < 1.29 is 13.9 Å². The van der Waals surface area contributed by atoms with Crippen LogP contribution in [0.25, 0.3) is 16.0 Å². The Bertz CT molecular complexity index is 1090. The van der Waals surface area contributed by atoms with Gasteiger partial charge < -0.3 is 9.64 Å². The molecule has 1 amide bonds. The highest BCUT2D eigenvalue weighted by atomic mass is 19.1. The number of amides is 1. The van der Waals surface area contributed by atoms with Gasteiger partial charge in [-0.1, -0.05) is 12.1 Å². The fourth-order valence-corrected chi connectivity index (χ4v) is 3.72. The number of hydrogen-bond donors (Lipinski definition) is 1. The molecule has 1 saturated heterocycles. The van der Waals surface area contributed by atoms with Crippen LogP contribution in [0.4, 0.5) is 15.8 Å². The van der Waals surface area contributed by atoms with Crippen LogP contribution in [0.15, 0.2) is 48.8 Å². The Morgan fingerprint density at radius 2 is 2.21 bits per heavy atom. The third-order valence-corrected chi connectivity index (χ3v) is 5.24. The number of carbonyl (C=O) groups is 1. The molecule has 0 aliphatic carbocycles. The second-order valence-electron chi connectivity index (χ2n) is 6.95. The first kappa shape index (κ1) is 18.7. The van der Waals surface area contributed by atoms with Gasteiger partial charge in [-0.05, 0) is 48.2 Å². The zero-order chi connectivity index (χ0) is 20.4. The molecule has 1 aromatic heterocycles. The van der Waals surface area contributed by atoms with Gasteiger partial charge in [0.1, 0.15) is 0 Å². The van der Waals surface area contributed by atoms with Gasteiger partial charge in [0.05, 0.1) is 19.9 Å². The summed E-state index contributed by atoms with van der Waals surface area (Å²) in [4.78, 5) is 18.3. The van der Waals surface area contributed by atoms with E-state index in [0.29, 0.717) is 30.8 Å². The minimum Gasteiger partial charge on any atom is -0.494 e. The zero-order valence-corrected chi connectivity index (χ0v) is 15.9. The van der Waals surface area contributed by atoms with Gasteiger partial charge in [-0.15, -0.1) is 0 Å². The van der Waals surface area contributed by atoms with Gasteiger partial charge in [-0.3, -0.25) is 9.89 Å². The van der Waals surface area contributed by atoms with Crippen molar-refractivity contribution in [2.24, 2.45) is 5.92 Å². The summed E-state index contributed by atoms with van der Waals surface area (Å²) in [6.07, 6.45) is 4.62. The highest BCUT2D eigenvalue weighted by molar-refractivity contribution is 5.98. The Kier molecular flexibility index (Phi) is 5.00. The SMILES string of the molecule is [C-]#[N+]c1cc(N2CCC(Cc3ccc(F)c(OC)c3)C2=O)ccc1-c1cn[nH]c1. The fraction of sp³-hybridized carbons (Fsp3) is 0.227. The van der Waals surface area contributed by atoms with Crippen molar-refractivity contribution in [2.75, 3.05) is 18.6 Å². The number of benzene rings is 2. The van der Waals surface area contributed by atoms with Crippen LogP contribution >= 0.6 is 0 Å². The Hall–Kier alpha value is -3.66. The lowest BCUT2D eigenvalue weighted by Crippen LogP contribution is -2.27. The molecule has 1 unspecified atom stereocenters. The molecule has 3 aromatic rings. The van der Waals surface area contributed by atoms with Gasteiger partial charge in [0.15, 0.2) is 17.3 Å². The number of anilines is 1. The van der Waals surface area contributed by atoms with Crippen molar-refractivity contribution in [2.45, 2.75) is 12.8 Å². The third kappa shape index (κ3) is 3.57. The monoisotopic (exact) mass is 390 g/mol. The Morgan fingerprint density at radius 1 is 1.34 bits per heavy atom. The molecule has 4 rings (SSSR count). The largest absolute Gasteiger partial charge is 0.494 e. The minimum atomic E-state index is -0.417. The second-order valence-corrected chi connectivity index (χ2v) is 6.95. The molecule has 2 aromatic carbocycles. The van der Waals surface area contributed by atoms with Gasteiger partial charge in [-0.2, -0.15) is 5.10 Å². The van der Waals surface area contributed by atoms with Crippen molar-refractivity contribution in [3.63, 3.8) is 0 Å². The average Bonchev–Trinajstić information content (AvgIpc) is 3.39. The lowest BCUT2D eigenvalue weighted by molar-refractivity contribution is -0.120. The van der Waals surface area contributed by atoms with Crippen LogP contribution in [0.1, 0.15) is 12.0 Å². The van der Waals surface area contributed by atoms with E-state index in [0.717, 1.165) is 16.7 Å². The van der Waals surface area contributed by atoms with Gasteiger partial charge >= 0.3 is 0 Å². The van der Waals surface area contributed by atoms with Crippen molar-refractivity contribution in [1.82, 2.24) is 10.2 Å². The predicted octanol–water partition coefficient (Wildman–Crippen LogP) is 4.37. The van der Waals surface area contributed by atoms with E-state index in [9.17, 15) is 9.18 Å². The van der Waals surface area contributed by atoms with Crippen molar-refractivity contribution in [1.29, 1.82) is 0 Å². The Balaban J connectivity index is 1.54. The number of H-pyrrole nitrogens is 1. The van der Waals surface area contributed by atoms with Gasteiger partial charge in [0, 0.05) is 29.9 Å². The molecule has 0 radical (unpaired) electrons. The summed E-state index contributed by atoms with van der Waals surface area (Å²) in [7, 11) is 1.42. The molecule has 1 N–H and O–H groups in total. The highest BCUT2D eigenvalue weighted by Gasteiger charge is 2.33. The molecule has 1 aliphatic heterocycles. The zero-order valence-electron chi connectivity index (χ0n) is 15.9. The molecule has 1 atom stereocenters. The maximum Gasteiger partial charge on any atom is 0.230 e. The van der Waals surface area contributed by atoms with Gasteiger partial charge in [0.2, 0.25) is 5.91 Å². The van der Waals surface area contributed by atoms with Crippen LogP contribution in [-0.4, -0.2) is 29.8 Å². The number of aromatic amines is 1. The minimum absolute atomic E-state index is 0.0142. The first-order valence-corrected chi connectivity index (χ1v) is 9.25. The molecule has 2 heterocycles. The van der Waals surface area contributed by atoms with Crippen LogP contribution in [0.2, 0.25) is 0 Å². The number of carbonyl (C=O) groups excluding carboxylic acids is 1. The maximum atomic E-state index is 13.6. The fourth-order valence-electron chi connectivity index (χ4n) is 3.72. The number of nitrogens with one attached hydrogen (secondary N) is 1. The molecule has 1 aliphatic rings.